The van der Waals surface area contributed by atoms with Gasteiger partial charge in [-0.2, -0.15) is 0 Å². The normalized spacial score (nSPS) is 11.0. The van der Waals surface area contributed by atoms with Gasteiger partial charge >= 0.3 is 0 Å². The van der Waals surface area contributed by atoms with E-state index >= 15 is 0 Å². The van der Waals surface area contributed by atoms with E-state index in [9.17, 15) is 4.39 Å². The first-order valence-electron chi connectivity index (χ1n) is 8.22. The van der Waals surface area contributed by atoms with Crippen molar-refractivity contribution in [2.45, 2.75) is 13.0 Å². The number of fused-ring (bicyclic) bond motifs is 1. The molecule has 0 spiro atoms. The molecule has 1 N–H and O–H groups in total. The topological polar surface area (TPSA) is 81.4 Å². The zero-order chi connectivity index (χ0) is 17.8. The van der Waals surface area contributed by atoms with Crippen molar-refractivity contribution >= 4 is 17.0 Å². The van der Waals surface area contributed by atoms with Gasteiger partial charge in [0, 0.05) is 30.4 Å². The Kier molecular flexibility index (Phi) is 4.46. The first-order valence-corrected chi connectivity index (χ1v) is 8.22. The lowest BCUT2D eigenvalue weighted by molar-refractivity contribution is 0.582. The Balaban J connectivity index is 1.52. The summed E-state index contributed by atoms with van der Waals surface area (Å²) in [6.07, 6.45) is 3.98. The molecule has 7 nitrogen and oxygen atoms in total. The van der Waals surface area contributed by atoms with Crippen molar-refractivity contribution in [3.05, 3.63) is 72.1 Å². The summed E-state index contributed by atoms with van der Waals surface area (Å²) in [5, 5.41) is 11.5. The van der Waals surface area contributed by atoms with Crippen LogP contribution < -0.4 is 5.32 Å². The van der Waals surface area contributed by atoms with Crippen molar-refractivity contribution in [3.63, 3.8) is 0 Å². The van der Waals surface area contributed by atoms with Gasteiger partial charge in [-0.1, -0.05) is 29.5 Å². The quantitative estimate of drug-likeness (QED) is 0.576. The van der Waals surface area contributed by atoms with E-state index < -0.39 is 0 Å². The minimum absolute atomic E-state index is 0.258. The number of rotatable bonds is 6. The number of pyridine rings is 1. The van der Waals surface area contributed by atoms with Gasteiger partial charge in [-0.15, -0.1) is 5.10 Å². The van der Waals surface area contributed by atoms with E-state index in [1.165, 1.54) is 12.4 Å². The van der Waals surface area contributed by atoms with Crippen LogP contribution in [0.1, 0.15) is 11.3 Å². The summed E-state index contributed by atoms with van der Waals surface area (Å²) in [7, 11) is 0. The van der Waals surface area contributed by atoms with E-state index in [0.29, 0.717) is 29.1 Å². The molecule has 0 fully saturated rings. The maximum absolute atomic E-state index is 13.9. The van der Waals surface area contributed by atoms with E-state index in [-0.39, 0.29) is 12.4 Å². The molecule has 0 aliphatic heterocycles. The van der Waals surface area contributed by atoms with Crippen LogP contribution in [0.2, 0.25) is 0 Å². The van der Waals surface area contributed by atoms with E-state index in [0.717, 1.165) is 12.1 Å². The maximum Gasteiger partial charge on any atom is 0.184 e. The lowest BCUT2D eigenvalue weighted by atomic mass is 10.2. The van der Waals surface area contributed by atoms with Crippen molar-refractivity contribution in [1.82, 2.24) is 29.9 Å². The standard InChI is InChI=1S/C18H16FN7/c19-15-7-2-1-5-13(15)11-26-18-16(24-25-26)17(22-12-23-18)21-10-8-14-6-3-4-9-20-14/h1-7,9,12H,8,10-11H2,(H,21,22,23). The molecular formula is C18H16FN7. The third-order valence-electron chi connectivity index (χ3n) is 3.98. The highest BCUT2D eigenvalue weighted by Crippen LogP contribution is 2.17. The zero-order valence-corrected chi connectivity index (χ0v) is 13.9. The molecule has 4 aromatic rings. The maximum atomic E-state index is 13.9. The van der Waals surface area contributed by atoms with Crippen LogP contribution in [0.15, 0.2) is 55.0 Å². The third-order valence-corrected chi connectivity index (χ3v) is 3.98. The molecule has 0 aliphatic rings. The SMILES string of the molecule is Fc1ccccc1Cn1nnc2c(NCCc3ccccn3)ncnc21. The highest BCUT2D eigenvalue weighted by atomic mass is 19.1. The summed E-state index contributed by atoms with van der Waals surface area (Å²) in [5.41, 5.74) is 2.64. The monoisotopic (exact) mass is 349 g/mol. The van der Waals surface area contributed by atoms with Gasteiger partial charge in [0.25, 0.3) is 0 Å². The smallest absolute Gasteiger partial charge is 0.184 e. The van der Waals surface area contributed by atoms with Crippen molar-refractivity contribution in [2.75, 3.05) is 11.9 Å². The van der Waals surface area contributed by atoms with E-state index in [2.05, 4.69) is 30.6 Å². The third kappa shape index (κ3) is 3.34. The van der Waals surface area contributed by atoms with Crippen molar-refractivity contribution < 1.29 is 4.39 Å². The Labute approximate surface area is 148 Å². The highest BCUT2D eigenvalue weighted by molar-refractivity contribution is 5.81. The molecule has 0 aliphatic carbocycles. The fraction of sp³-hybridized carbons (Fsp3) is 0.167. The fourth-order valence-corrected chi connectivity index (χ4v) is 2.67. The second kappa shape index (κ2) is 7.22. The van der Waals surface area contributed by atoms with Gasteiger partial charge < -0.3 is 5.32 Å². The van der Waals surface area contributed by atoms with Gasteiger partial charge in [0.05, 0.1) is 6.54 Å². The molecule has 0 radical (unpaired) electrons. The van der Waals surface area contributed by atoms with Gasteiger partial charge in [-0.25, -0.2) is 19.0 Å². The molecule has 3 heterocycles. The predicted molar refractivity (Wildman–Crippen MR) is 95.1 cm³/mol. The molecule has 0 bridgehead atoms. The Morgan fingerprint density at radius 1 is 1.00 bits per heavy atom. The van der Waals surface area contributed by atoms with Crippen LogP contribution in [0.25, 0.3) is 11.2 Å². The summed E-state index contributed by atoms with van der Waals surface area (Å²) >= 11 is 0. The summed E-state index contributed by atoms with van der Waals surface area (Å²) in [5.74, 6) is 0.324. The van der Waals surface area contributed by atoms with Gasteiger partial charge in [0.2, 0.25) is 0 Å². The number of anilines is 1. The molecule has 1 aromatic carbocycles. The van der Waals surface area contributed by atoms with Crippen molar-refractivity contribution in [3.8, 4) is 0 Å². The molecule has 0 saturated carbocycles. The Bertz CT molecular complexity index is 1020. The van der Waals surface area contributed by atoms with Gasteiger partial charge in [0.15, 0.2) is 17.0 Å². The molecule has 3 aromatic heterocycles. The second-order valence-electron chi connectivity index (χ2n) is 5.73. The summed E-state index contributed by atoms with van der Waals surface area (Å²) in [6.45, 7) is 0.914. The molecule has 8 heteroatoms. The highest BCUT2D eigenvalue weighted by Gasteiger charge is 2.13. The lowest BCUT2D eigenvalue weighted by Gasteiger charge is -2.06. The number of halogens is 1. The largest absolute Gasteiger partial charge is 0.368 e. The van der Waals surface area contributed by atoms with E-state index in [4.69, 9.17) is 0 Å². The summed E-state index contributed by atoms with van der Waals surface area (Å²) in [6, 6.07) is 12.4. The zero-order valence-electron chi connectivity index (χ0n) is 13.9. The van der Waals surface area contributed by atoms with Crippen LogP contribution in [-0.4, -0.2) is 36.5 Å². The average molecular weight is 349 g/mol. The molecule has 0 unspecified atom stereocenters. The summed E-state index contributed by atoms with van der Waals surface area (Å²) in [4.78, 5) is 12.8. The first kappa shape index (κ1) is 16.1. The van der Waals surface area contributed by atoms with Crippen LogP contribution in [0.4, 0.5) is 10.2 Å². The number of benzene rings is 1. The number of nitrogens with one attached hydrogen (secondary N) is 1. The van der Waals surface area contributed by atoms with Crippen LogP contribution in [0.3, 0.4) is 0 Å². The number of nitrogens with zero attached hydrogens (tertiary/aromatic N) is 6. The molecule has 0 saturated heterocycles. The second-order valence-corrected chi connectivity index (χ2v) is 5.73. The molecule has 4 rings (SSSR count). The van der Waals surface area contributed by atoms with Gasteiger partial charge in [-0.3, -0.25) is 4.98 Å². The number of hydrogen-bond donors (Lipinski definition) is 1. The van der Waals surface area contributed by atoms with Crippen molar-refractivity contribution in [1.29, 1.82) is 0 Å². The molecular weight excluding hydrogens is 333 g/mol. The Morgan fingerprint density at radius 3 is 2.73 bits per heavy atom. The van der Waals surface area contributed by atoms with Crippen LogP contribution >= 0.6 is 0 Å². The minimum Gasteiger partial charge on any atom is -0.368 e. The first-order chi connectivity index (χ1) is 12.8. The number of aromatic nitrogens is 6. The average Bonchev–Trinajstić information content (AvgIpc) is 3.08. The van der Waals surface area contributed by atoms with Crippen LogP contribution in [0.5, 0.6) is 0 Å². The van der Waals surface area contributed by atoms with E-state index in [1.54, 1.807) is 29.1 Å². The minimum atomic E-state index is -0.279. The van der Waals surface area contributed by atoms with Gasteiger partial charge in [0.1, 0.15) is 12.1 Å². The van der Waals surface area contributed by atoms with Crippen LogP contribution in [-0.2, 0) is 13.0 Å². The predicted octanol–water partition coefficient (Wildman–Crippen LogP) is 2.46. The molecule has 0 amide bonds. The summed E-state index contributed by atoms with van der Waals surface area (Å²) < 4.78 is 15.4. The van der Waals surface area contributed by atoms with Crippen molar-refractivity contribution in [2.24, 2.45) is 0 Å². The lowest BCUT2D eigenvalue weighted by Crippen LogP contribution is -2.08. The fourth-order valence-electron chi connectivity index (χ4n) is 2.67. The van der Waals surface area contributed by atoms with Crippen LogP contribution in [0, 0.1) is 5.82 Å². The number of hydrogen-bond acceptors (Lipinski definition) is 6. The van der Waals surface area contributed by atoms with Gasteiger partial charge in [-0.05, 0) is 18.2 Å². The molecule has 130 valence electrons. The Morgan fingerprint density at radius 2 is 1.88 bits per heavy atom. The molecule has 26 heavy (non-hydrogen) atoms. The van der Waals surface area contributed by atoms with E-state index in [1.807, 2.05) is 18.2 Å². The Hall–Kier alpha value is -3.42. The molecule has 0 atom stereocenters.